The number of aromatic carboxylic acids is 1. The average molecular weight is 290 g/mol. The van der Waals surface area contributed by atoms with Crippen molar-refractivity contribution in [1.29, 1.82) is 0 Å². The van der Waals surface area contributed by atoms with Crippen LogP contribution in [-0.4, -0.2) is 28.6 Å². The van der Waals surface area contributed by atoms with Gasteiger partial charge in [-0.05, 0) is 43.7 Å². The van der Waals surface area contributed by atoms with Gasteiger partial charge in [0.1, 0.15) is 5.82 Å². The molecule has 2 rings (SSSR count). The zero-order valence-corrected chi connectivity index (χ0v) is 13.3. The van der Waals surface area contributed by atoms with Crippen LogP contribution in [0.4, 0.5) is 5.82 Å². The molecule has 0 amide bonds. The number of aromatic nitrogens is 1. The number of hydrogen-bond donors (Lipinski definition) is 1. The molecule has 1 N–H and O–H groups in total. The fourth-order valence-electron chi connectivity index (χ4n) is 3.04. The number of rotatable bonds is 5. The topological polar surface area (TPSA) is 53.4 Å². The van der Waals surface area contributed by atoms with Gasteiger partial charge < -0.3 is 10.0 Å². The highest BCUT2D eigenvalue weighted by molar-refractivity contribution is 5.88. The Kier molecular flexibility index (Phi) is 5.21. The summed E-state index contributed by atoms with van der Waals surface area (Å²) in [6.07, 6.45) is 5.91. The summed E-state index contributed by atoms with van der Waals surface area (Å²) in [6, 6.07) is 3.94. The Morgan fingerprint density at radius 1 is 1.43 bits per heavy atom. The molecule has 21 heavy (non-hydrogen) atoms. The molecule has 1 saturated heterocycles. The molecule has 0 bridgehead atoms. The first-order valence-electron chi connectivity index (χ1n) is 8.04. The van der Waals surface area contributed by atoms with Crippen LogP contribution in [-0.2, 0) is 0 Å². The molecule has 1 unspecified atom stereocenters. The summed E-state index contributed by atoms with van der Waals surface area (Å²) >= 11 is 0. The minimum absolute atomic E-state index is 0.234. The summed E-state index contributed by atoms with van der Waals surface area (Å²) in [5, 5.41) is 9.34. The molecular weight excluding hydrogens is 264 g/mol. The Hall–Kier alpha value is -1.58. The van der Waals surface area contributed by atoms with Crippen molar-refractivity contribution in [2.24, 2.45) is 0 Å². The largest absolute Gasteiger partial charge is 0.478 e. The molecule has 0 spiro atoms. The molecule has 116 valence electrons. The molecule has 0 aromatic carbocycles. The van der Waals surface area contributed by atoms with Crippen LogP contribution in [0.3, 0.4) is 0 Å². The Balaban J connectivity index is 2.38. The van der Waals surface area contributed by atoms with Crippen LogP contribution in [0.15, 0.2) is 12.1 Å². The second-order valence-electron chi connectivity index (χ2n) is 6.23. The summed E-state index contributed by atoms with van der Waals surface area (Å²) in [7, 11) is 0. The van der Waals surface area contributed by atoms with Crippen molar-refractivity contribution in [3.8, 4) is 0 Å². The predicted molar refractivity (Wildman–Crippen MR) is 85.2 cm³/mol. The highest BCUT2D eigenvalue weighted by Crippen LogP contribution is 2.28. The monoisotopic (exact) mass is 290 g/mol. The number of hydrogen-bond acceptors (Lipinski definition) is 3. The number of carboxylic acids is 1. The number of pyridine rings is 1. The third kappa shape index (κ3) is 3.74. The van der Waals surface area contributed by atoms with Crippen molar-refractivity contribution < 1.29 is 9.90 Å². The molecule has 2 heterocycles. The van der Waals surface area contributed by atoms with Crippen molar-refractivity contribution in [1.82, 2.24) is 4.98 Å². The van der Waals surface area contributed by atoms with E-state index in [1.807, 2.05) is 0 Å². The van der Waals surface area contributed by atoms with Crippen molar-refractivity contribution in [2.75, 3.05) is 11.4 Å². The molecule has 1 aliphatic rings. The first kappa shape index (κ1) is 15.8. The van der Waals surface area contributed by atoms with Gasteiger partial charge in [-0.3, -0.25) is 0 Å². The minimum atomic E-state index is -0.871. The SMILES string of the molecule is CCCC1CCCCN1c1cc(C(=O)O)cc(C(C)C)n1. The molecule has 0 saturated carbocycles. The van der Waals surface area contributed by atoms with Gasteiger partial charge in [-0.1, -0.05) is 27.2 Å². The fraction of sp³-hybridized carbons (Fsp3) is 0.647. The smallest absolute Gasteiger partial charge is 0.335 e. The van der Waals surface area contributed by atoms with E-state index in [4.69, 9.17) is 4.98 Å². The van der Waals surface area contributed by atoms with Crippen molar-refractivity contribution >= 4 is 11.8 Å². The summed E-state index contributed by atoms with van der Waals surface area (Å²) in [5.41, 5.74) is 1.22. The molecule has 0 aliphatic carbocycles. The zero-order chi connectivity index (χ0) is 15.4. The van der Waals surface area contributed by atoms with Crippen molar-refractivity contribution in [2.45, 2.75) is 64.8 Å². The normalized spacial score (nSPS) is 19.0. The van der Waals surface area contributed by atoms with Gasteiger partial charge in [0.15, 0.2) is 0 Å². The maximum Gasteiger partial charge on any atom is 0.335 e. The highest BCUT2D eigenvalue weighted by Gasteiger charge is 2.24. The Morgan fingerprint density at radius 2 is 2.19 bits per heavy atom. The Morgan fingerprint density at radius 3 is 2.81 bits per heavy atom. The van der Waals surface area contributed by atoms with Crippen LogP contribution >= 0.6 is 0 Å². The molecule has 1 atom stereocenters. The van der Waals surface area contributed by atoms with Gasteiger partial charge in [-0.25, -0.2) is 9.78 Å². The number of carbonyl (C=O) groups is 1. The van der Waals surface area contributed by atoms with E-state index >= 15 is 0 Å². The Bertz CT molecular complexity index is 498. The van der Waals surface area contributed by atoms with Crippen molar-refractivity contribution in [3.63, 3.8) is 0 Å². The third-order valence-electron chi connectivity index (χ3n) is 4.21. The van der Waals surface area contributed by atoms with E-state index in [-0.39, 0.29) is 5.92 Å². The van der Waals surface area contributed by atoms with Gasteiger partial charge in [0.2, 0.25) is 0 Å². The summed E-state index contributed by atoms with van der Waals surface area (Å²) < 4.78 is 0. The molecule has 1 aliphatic heterocycles. The van der Waals surface area contributed by atoms with Crippen LogP contribution < -0.4 is 4.90 Å². The average Bonchev–Trinajstić information content (AvgIpc) is 2.47. The summed E-state index contributed by atoms with van der Waals surface area (Å²) in [4.78, 5) is 18.4. The van der Waals surface area contributed by atoms with Gasteiger partial charge in [-0.15, -0.1) is 0 Å². The highest BCUT2D eigenvalue weighted by atomic mass is 16.4. The second-order valence-corrected chi connectivity index (χ2v) is 6.23. The first-order chi connectivity index (χ1) is 10.0. The van der Waals surface area contributed by atoms with Gasteiger partial charge in [0.05, 0.1) is 5.56 Å². The lowest BCUT2D eigenvalue weighted by Gasteiger charge is -2.37. The maximum atomic E-state index is 11.4. The standard InChI is InChI=1S/C17H26N2O2/c1-4-7-14-8-5-6-9-19(14)16-11-13(17(20)21)10-15(18-16)12(2)3/h10-12,14H,4-9H2,1-3H3,(H,20,21). The van der Waals surface area contributed by atoms with E-state index < -0.39 is 5.97 Å². The number of carboxylic acid groups (broad SMARTS) is 1. The number of anilines is 1. The second kappa shape index (κ2) is 6.92. The van der Waals surface area contributed by atoms with Crippen LogP contribution in [0.5, 0.6) is 0 Å². The molecule has 4 heteroatoms. The van der Waals surface area contributed by atoms with E-state index in [0.717, 1.165) is 37.3 Å². The summed E-state index contributed by atoms with van der Waals surface area (Å²) in [6.45, 7) is 7.29. The number of nitrogens with zero attached hydrogens (tertiary/aromatic N) is 2. The van der Waals surface area contributed by atoms with Crippen LogP contribution in [0, 0.1) is 0 Å². The lowest BCUT2D eigenvalue weighted by molar-refractivity contribution is 0.0696. The van der Waals surface area contributed by atoms with Gasteiger partial charge in [0, 0.05) is 18.3 Å². The quantitative estimate of drug-likeness (QED) is 0.888. The third-order valence-corrected chi connectivity index (χ3v) is 4.21. The van der Waals surface area contributed by atoms with Crippen molar-refractivity contribution in [3.05, 3.63) is 23.4 Å². The van der Waals surface area contributed by atoms with Crippen LogP contribution in [0.1, 0.15) is 74.8 Å². The molecule has 4 nitrogen and oxygen atoms in total. The van der Waals surface area contributed by atoms with E-state index in [1.54, 1.807) is 12.1 Å². The van der Waals surface area contributed by atoms with E-state index in [0.29, 0.717) is 11.6 Å². The lowest BCUT2D eigenvalue weighted by atomic mass is 9.97. The molecule has 0 radical (unpaired) electrons. The van der Waals surface area contributed by atoms with E-state index in [2.05, 4.69) is 25.7 Å². The molecule has 1 aromatic rings. The van der Waals surface area contributed by atoms with Gasteiger partial charge >= 0.3 is 5.97 Å². The minimum Gasteiger partial charge on any atom is -0.478 e. The van der Waals surface area contributed by atoms with E-state index in [1.165, 1.54) is 12.8 Å². The maximum absolute atomic E-state index is 11.4. The predicted octanol–water partition coefficient (Wildman–Crippen LogP) is 4.06. The lowest BCUT2D eigenvalue weighted by Crippen LogP contribution is -2.40. The zero-order valence-electron chi connectivity index (χ0n) is 13.3. The van der Waals surface area contributed by atoms with Crippen LogP contribution in [0.2, 0.25) is 0 Å². The molecular formula is C17H26N2O2. The molecule has 1 fully saturated rings. The van der Waals surface area contributed by atoms with Gasteiger partial charge in [0.25, 0.3) is 0 Å². The van der Waals surface area contributed by atoms with Crippen LogP contribution in [0.25, 0.3) is 0 Å². The fourth-order valence-corrected chi connectivity index (χ4v) is 3.04. The van der Waals surface area contributed by atoms with E-state index in [9.17, 15) is 9.90 Å². The number of piperidine rings is 1. The summed E-state index contributed by atoms with van der Waals surface area (Å²) in [5.74, 6) is 0.207. The molecule has 1 aromatic heterocycles. The first-order valence-corrected chi connectivity index (χ1v) is 8.04. The van der Waals surface area contributed by atoms with Gasteiger partial charge in [-0.2, -0.15) is 0 Å². The Labute approximate surface area is 127 Å².